The van der Waals surface area contributed by atoms with Crippen LogP contribution in [0.2, 0.25) is 0 Å². The van der Waals surface area contributed by atoms with E-state index < -0.39 is 17.7 Å². The summed E-state index contributed by atoms with van der Waals surface area (Å²) in [5, 5.41) is 2.43. The van der Waals surface area contributed by atoms with Crippen LogP contribution in [-0.4, -0.2) is 29.8 Å². The van der Waals surface area contributed by atoms with Crippen LogP contribution in [0.25, 0.3) is 16.7 Å². The lowest BCUT2D eigenvalue weighted by Crippen LogP contribution is -2.27. The van der Waals surface area contributed by atoms with Crippen molar-refractivity contribution in [2.45, 2.75) is 33.3 Å². The number of rotatable bonds is 3. The van der Waals surface area contributed by atoms with Crippen LogP contribution in [0.5, 0.6) is 0 Å². The van der Waals surface area contributed by atoms with Crippen molar-refractivity contribution < 1.29 is 23.5 Å². The van der Waals surface area contributed by atoms with Gasteiger partial charge in [-0.3, -0.25) is 10.3 Å². The largest absolute Gasteiger partial charge is 0.465 e. The molecule has 1 amide bonds. The fraction of sp³-hybridized carbons (Fsp3) is 0.353. The molecule has 0 saturated carbocycles. The van der Waals surface area contributed by atoms with Crippen molar-refractivity contribution in [3.8, 4) is 0 Å². The van der Waals surface area contributed by atoms with E-state index in [2.05, 4.69) is 16.9 Å². The molecule has 1 N–H and O–H groups in total. The van der Waals surface area contributed by atoms with Crippen molar-refractivity contribution >= 4 is 34.6 Å². The number of hydrogen-bond donors (Lipinski definition) is 1. The number of nitrogens with one attached hydrogen (secondary N) is 1. The molecule has 0 spiro atoms. The number of aromatic nitrogens is 1. The number of fused-ring (bicyclic) bond motifs is 1. The van der Waals surface area contributed by atoms with Crippen LogP contribution in [0.1, 0.15) is 43.6 Å². The third-order valence-electron chi connectivity index (χ3n) is 3.03. The second kappa shape index (κ2) is 6.35. The zero-order chi connectivity index (χ0) is 18.1. The fourth-order valence-electron chi connectivity index (χ4n) is 1.99. The molecule has 2 aromatic rings. The first-order chi connectivity index (χ1) is 11.1. The van der Waals surface area contributed by atoms with E-state index in [1.54, 1.807) is 33.0 Å². The molecule has 0 aliphatic heterocycles. The van der Waals surface area contributed by atoms with E-state index in [0.29, 0.717) is 5.58 Å². The van der Waals surface area contributed by atoms with Crippen molar-refractivity contribution in [1.82, 2.24) is 4.98 Å². The minimum atomic E-state index is -0.744. The molecule has 0 aromatic carbocycles. The van der Waals surface area contributed by atoms with E-state index in [4.69, 9.17) is 13.9 Å². The Balaban J connectivity index is 2.49. The topological polar surface area (TPSA) is 90.7 Å². The molecular weight excluding hydrogens is 312 g/mol. The fourth-order valence-corrected chi connectivity index (χ4v) is 1.99. The van der Waals surface area contributed by atoms with Crippen molar-refractivity contribution in [3.63, 3.8) is 0 Å². The number of carbonyl (C=O) groups excluding carboxylic acids is 2. The minimum absolute atomic E-state index is 0.0339. The van der Waals surface area contributed by atoms with Gasteiger partial charge in [0.05, 0.1) is 7.11 Å². The molecule has 0 aliphatic rings. The maximum Gasteiger partial charge on any atom is 0.414 e. The number of carbonyl (C=O) groups is 2. The van der Waals surface area contributed by atoms with Crippen molar-refractivity contribution in [1.29, 1.82) is 0 Å². The molecule has 2 rings (SSSR count). The number of amides is 1. The zero-order valence-corrected chi connectivity index (χ0v) is 14.4. The van der Waals surface area contributed by atoms with E-state index >= 15 is 0 Å². The summed E-state index contributed by atoms with van der Waals surface area (Å²) in [4.78, 5) is 28.3. The molecule has 0 atom stereocenters. The Labute approximate surface area is 139 Å². The third-order valence-corrected chi connectivity index (χ3v) is 3.03. The molecule has 7 nitrogen and oxygen atoms in total. The Bertz CT molecular complexity index is 814. The third kappa shape index (κ3) is 3.73. The van der Waals surface area contributed by atoms with Crippen molar-refractivity contribution in [2.75, 3.05) is 12.4 Å². The van der Waals surface area contributed by atoms with E-state index in [1.807, 2.05) is 6.92 Å². The van der Waals surface area contributed by atoms with Gasteiger partial charge in [0.1, 0.15) is 16.7 Å². The lowest BCUT2D eigenvalue weighted by Gasteiger charge is -2.19. The highest BCUT2D eigenvalue weighted by Crippen LogP contribution is 2.31. The van der Waals surface area contributed by atoms with Gasteiger partial charge in [-0.25, -0.2) is 9.59 Å². The van der Waals surface area contributed by atoms with Crippen molar-refractivity contribution in [2.24, 2.45) is 0 Å². The van der Waals surface area contributed by atoms with Gasteiger partial charge in [0.2, 0.25) is 5.88 Å². The average Bonchev–Trinajstić information content (AvgIpc) is 2.80. The second-order valence-electron chi connectivity index (χ2n) is 6.28. The first kappa shape index (κ1) is 17.5. The van der Waals surface area contributed by atoms with Crippen LogP contribution in [0, 0.1) is 0 Å². The summed E-state index contributed by atoms with van der Waals surface area (Å²) in [7, 11) is 1.24. The molecule has 2 aromatic heterocycles. The van der Waals surface area contributed by atoms with E-state index in [9.17, 15) is 9.59 Å². The van der Waals surface area contributed by atoms with Gasteiger partial charge in [-0.05, 0) is 44.9 Å². The predicted molar refractivity (Wildman–Crippen MR) is 89.9 cm³/mol. The van der Waals surface area contributed by atoms with Crippen LogP contribution < -0.4 is 5.32 Å². The van der Waals surface area contributed by atoms with Crippen LogP contribution in [0.15, 0.2) is 23.3 Å². The molecule has 0 aliphatic carbocycles. The van der Waals surface area contributed by atoms with Crippen LogP contribution >= 0.6 is 0 Å². The van der Waals surface area contributed by atoms with Gasteiger partial charge in [0.25, 0.3) is 0 Å². The summed E-state index contributed by atoms with van der Waals surface area (Å²) in [6, 6.07) is 1.69. The van der Waals surface area contributed by atoms with E-state index in [1.165, 1.54) is 7.11 Å². The molecule has 24 heavy (non-hydrogen) atoms. The van der Waals surface area contributed by atoms with Gasteiger partial charge in [0, 0.05) is 6.20 Å². The summed E-state index contributed by atoms with van der Waals surface area (Å²) in [6.07, 6.45) is 0.830. The zero-order valence-electron chi connectivity index (χ0n) is 14.4. The molecule has 0 fully saturated rings. The van der Waals surface area contributed by atoms with Crippen LogP contribution in [0.3, 0.4) is 0 Å². The van der Waals surface area contributed by atoms with Gasteiger partial charge in [-0.15, -0.1) is 0 Å². The normalized spacial score (nSPS) is 11.2. The van der Waals surface area contributed by atoms with Gasteiger partial charge < -0.3 is 13.9 Å². The van der Waals surface area contributed by atoms with Gasteiger partial charge in [-0.1, -0.05) is 6.58 Å². The maximum absolute atomic E-state index is 12.1. The Hall–Kier alpha value is -2.83. The molecule has 2 heterocycles. The number of anilines is 1. The van der Waals surface area contributed by atoms with Crippen molar-refractivity contribution in [3.05, 3.63) is 30.0 Å². The Morgan fingerprint density at radius 3 is 2.54 bits per heavy atom. The Morgan fingerprint density at radius 2 is 2.00 bits per heavy atom. The molecule has 128 valence electrons. The average molecular weight is 332 g/mol. The number of furan rings is 1. The molecule has 7 heteroatoms. The summed E-state index contributed by atoms with van der Waals surface area (Å²) in [5.74, 6) is -0.743. The standard InChI is InChI=1S/C17H20N2O5/c1-9(2)10-7-11-13(18-8-10)12(15(20)22-6)14(23-11)19-16(21)24-17(3,4)5/h7-8H,1H2,2-6H3,(H,19,21). The molecule has 0 bridgehead atoms. The number of nitrogens with zero attached hydrogens (tertiary/aromatic N) is 1. The Kier molecular flexibility index (Phi) is 4.64. The summed E-state index contributed by atoms with van der Waals surface area (Å²) in [5.41, 5.74) is 1.53. The van der Waals surface area contributed by atoms with E-state index in [-0.39, 0.29) is 17.0 Å². The SMILES string of the molecule is C=C(C)c1cnc2c(C(=O)OC)c(NC(=O)OC(C)(C)C)oc2c1. The highest BCUT2D eigenvalue weighted by atomic mass is 16.6. The van der Waals surface area contributed by atoms with Gasteiger partial charge >= 0.3 is 12.1 Å². The van der Waals surface area contributed by atoms with E-state index in [0.717, 1.165) is 11.1 Å². The predicted octanol–water partition coefficient (Wildman–Crippen LogP) is 3.99. The maximum atomic E-state index is 12.1. The van der Waals surface area contributed by atoms with Gasteiger partial charge in [0.15, 0.2) is 5.58 Å². The number of hydrogen-bond acceptors (Lipinski definition) is 6. The highest BCUT2D eigenvalue weighted by Gasteiger charge is 2.26. The van der Waals surface area contributed by atoms with Gasteiger partial charge in [-0.2, -0.15) is 0 Å². The molecule has 0 saturated heterocycles. The first-order valence-corrected chi connectivity index (χ1v) is 7.29. The summed E-state index contributed by atoms with van der Waals surface area (Å²) in [6.45, 7) is 10.9. The first-order valence-electron chi connectivity index (χ1n) is 7.29. The number of methoxy groups -OCH3 is 1. The lowest BCUT2D eigenvalue weighted by molar-refractivity contribution is 0.0603. The minimum Gasteiger partial charge on any atom is -0.465 e. The lowest BCUT2D eigenvalue weighted by atomic mass is 10.1. The number of allylic oxidation sites excluding steroid dienone is 1. The quantitative estimate of drug-likeness (QED) is 0.855. The van der Waals surface area contributed by atoms with Crippen LogP contribution in [-0.2, 0) is 9.47 Å². The smallest absolute Gasteiger partial charge is 0.414 e. The second-order valence-corrected chi connectivity index (χ2v) is 6.28. The van der Waals surface area contributed by atoms with Crippen LogP contribution in [0.4, 0.5) is 10.7 Å². The monoisotopic (exact) mass is 332 g/mol. The number of pyridine rings is 1. The molecular formula is C17H20N2O5. The number of ether oxygens (including phenoxy) is 2. The molecule has 0 unspecified atom stereocenters. The summed E-state index contributed by atoms with van der Waals surface area (Å²) >= 11 is 0. The molecule has 0 radical (unpaired) electrons. The highest BCUT2D eigenvalue weighted by molar-refractivity contribution is 6.08. The Morgan fingerprint density at radius 1 is 1.33 bits per heavy atom. The summed E-state index contributed by atoms with van der Waals surface area (Å²) < 4.78 is 15.5. The number of esters is 1.